The van der Waals surface area contributed by atoms with Crippen LogP contribution < -0.4 is 15.8 Å². The second-order valence-electron chi connectivity index (χ2n) is 3.64. The van der Waals surface area contributed by atoms with Crippen LogP contribution in [0, 0.1) is 5.82 Å². The second kappa shape index (κ2) is 7.20. The Labute approximate surface area is 109 Å². The van der Waals surface area contributed by atoms with Gasteiger partial charge in [-0.15, -0.1) is 0 Å². The average Bonchev–Trinajstić information content (AvgIpc) is 2.38. The van der Waals surface area contributed by atoms with Crippen molar-refractivity contribution in [3.8, 4) is 5.75 Å². The number of carbonyl (C=O) groups excluding carboxylic acids is 1. The molecular formula is C11H14FN5O2. The molecule has 1 atom stereocenters. The molecule has 0 spiro atoms. The first-order chi connectivity index (χ1) is 9.10. The van der Waals surface area contributed by atoms with Gasteiger partial charge in [0.25, 0.3) is 0 Å². The molecule has 3 N–H and O–H groups in total. The molecule has 7 nitrogen and oxygen atoms in total. The molecule has 1 amide bonds. The molecule has 1 aromatic rings. The number of nitrogens with zero attached hydrogens (tertiary/aromatic N) is 3. The Balaban J connectivity index is 2.83. The molecule has 0 aliphatic rings. The molecule has 0 bridgehead atoms. The number of halogens is 1. The minimum Gasteiger partial charge on any atom is -0.494 e. The highest BCUT2D eigenvalue weighted by atomic mass is 19.1. The third-order valence-electron chi connectivity index (χ3n) is 2.42. The Hall–Kier alpha value is -2.31. The zero-order valence-corrected chi connectivity index (χ0v) is 10.3. The van der Waals surface area contributed by atoms with Crippen molar-refractivity contribution in [2.75, 3.05) is 20.2 Å². The van der Waals surface area contributed by atoms with Crippen LogP contribution in [0.4, 0.5) is 4.39 Å². The number of nitrogens with one attached hydrogen (secondary N) is 1. The van der Waals surface area contributed by atoms with Gasteiger partial charge in [-0.1, -0.05) is 11.2 Å². The topological polar surface area (TPSA) is 113 Å². The standard InChI is InChI=1S/C11H14FN5O2/c1-19-9-3-2-7(6-8(9)12)10(11(13)18)15-4-5-16-17-14/h2-3,6,10,15H,4-5H2,1H3,(H2,13,18). The highest BCUT2D eigenvalue weighted by molar-refractivity contribution is 5.81. The quantitative estimate of drug-likeness (QED) is 0.335. The number of hydrogen-bond acceptors (Lipinski definition) is 4. The fourth-order valence-electron chi connectivity index (χ4n) is 1.55. The average molecular weight is 267 g/mol. The summed E-state index contributed by atoms with van der Waals surface area (Å²) in [6.07, 6.45) is 0. The van der Waals surface area contributed by atoms with E-state index < -0.39 is 17.8 Å². The Morgan fingerprint density at radius 1 is 1.68 bits per heavy atom. The van der Waals surface area contributed by atoms with Gasteiger partial charge in [0.15, 0.2) is 11.6 Å². The van der Waals surface area contributed by atoms with E-state index in [0.717, 1.165) is 0 Å². The molecule has 8 heteroatoms. The number of nitrogens with two attached hydrogens (primary N) is 1. The number of hydrogen-bond donors (Lipinski definition) is 2. The maximum Gasteiger partial charge on any atom is 0.239 e. The van der Waals surface area contributed by atoms with Gasteiger partial charge < -0.3 is 15.8 Å². The molecule has 19 heavy (non-hydrogen) atoms. The molecule has 0 saturated heterocycles. The maximum atomic E-state index is 13.5. The largest absolute Gasteiger partial charge is 0.494 e. The molecule has 0 aliphatic carbocycles. The molecule has 0 aromatic heterocycles. The van der Waals surface area contributed by atoms with E-state index in [1.54, 1.807) is 0 Å². The van der Waals surface area contributed by atoms with Gasteiger partial charge in [0.1, 0.15) is 6.04 Å². The van der Waals surface area contributed by atoms with Gasteiger partial charge >= 0.3 is 0 Å². The van der Waals surface area contributed by atoms with Crippen molar-refractivity contribution >= 4 is 5.91 Å². The predicted octanol–water partition coefficient (Wildman–Crippen LogP) is 1.26. The van der Waals surface area contributed by atoms with E-state index in [4.69, 9.17) is 16.0 Å². The molecule has 0 radical (unpaired) electrons. The number of rotatable bonds is 7. The lowest BCUT2D eigenvalue weighted by Crippen LogP contribution is -2.35. The van der Waals surface area contributed by atoms with Crippen molar-refractivity contribution in [2.45, 2.75) is 6.04 Å². The third-order valence-corrected chi connectivity index (χ3v) is 2.42. The molecular weight excluding hydrogens is 253 g/mol. The molecule has 0 aliphatic heterocycles. The highest BCUT2D eigenvalue weighted by Crippen LogP contribution is 2.21. The lowest BCUT2D eigenvalue weighted by Gasteiger charge is -2.15. The maximum absolute atomic E-state index is 13.5. The Morgan fingerprint density at radius 3 is 2.95 bits per heavy atom. The van der Waals surface area contributed by atoms with E-state index in [2.05, 4.69) is 15.3 Å². The summed E-state index contributed by atoms with van der Waals surface area (Å²) in [7, 11) is 1.35. The third kappa shape index (κ3) is 4.13. The Morgan fingerprint density at radius 2 is 2.42 bits per heavy atom. The van der Waals surface area contributed by atoms with Crippen LogP contribution in [-0.2, 0) is 4.79 Å². The Bertz CT molecular complexity index is 502. The Kier molecular flexibility index (Phi) is 5.59. The summed E-state index contributed by atoms with van der Waals surface area (Å²) in [5.74, 6) is -1.14. The molecule has 0 saturated carbocycles. The van der Waals surface area contributed by atoms with Crippen LogP contribution in [0.1, 0.15) is 11.6 Å². The zero-order chi connectivity index (χ0) is 14.3. The normalized spacial score (nSPS) is 11.5. The van der Waals surface area contributed by atoms with Crippen molar-refractivity contribution in [3.63, 3.8) is 0 Å². The molecule has 0 fully saturated rings. The van der Waals surface area contributed by atoms with Gasteiger partial charge in [0, 0.05) is 18.0 Å². The van der Waals surface area contributed by atoms with Crippen LogP contribution in [0.5, 0.6) is 5.75 Å². The zero-order valence-electron chi connectivity index (χ0n) is 10.3. The van der Waals surface area contributed by atoms with Crippen LogP contribution in [-0.4, -0.2) is 26.1 Å². The summed E-state index contributed by atoms with van der Waals surface area (Å²) in [6, 6.07) is 3.27. The number of ether oxygens (including phenoxy) is 1. The number of methoxy groups -OCH3 is 1. The summed E-state index contributed by atoms with van der Waals surface area (Å²) in [5, 5.41) is 6.10. The first-order valence-electron chi connectivity index (χ1n) is 5.47. The van der Waals surface area contributed by atoms with Gasteiger partial charge in [-0.05, 0) is 23.2 Å². The van der Waals surface area contributed by atoms with Crippen LogP contribution >= 0.6 is 0 Å². The first-order valence-corrected chi connectivity index (χ1v) is 5.47. The first kappa shape index (κ1) is 14.7. The van der Waals surface area contributed by atoms with Crippen molar-refractivity contribution < 1.29 is 13.9 Å². The molecule has 1 aromatic carbocycles. The van der Waals surface area contributed by atoms with Crippen molar-refractivity contribution in [1.82, 2.24) is 5.32 Å². The molecule has 0 heterocycles. The number of amides is 1. The molecule has 102 valence electrons. The minimum absolute atomic E-state index is 0.0843. The molecule has 1 unspecified atom stereocenters. The summed E-state index contributed by atoms with van der Waals surface area (Å²) in [6.45, 7) is 0.421. The van der Waals surface area contributed by atoms with Crippen LogP contribution in [0.15, 0.2) is 23.3 Å². The SMILES string of the molecule is COc1ccc(C(NCCN=[N+]=[N-])C(N)=O)cc1F. The van der Waals surface area contributed by atoms with E-state index in [1.807, 2.05) is 0 Å². The van der Waals surface area contributed by atoms with Gasteiger partial charge in [-0.3, -0.25) is 4.79 Å². The lowest BCUT2D eigenvalue weighted by atomic mass is 10.1. The number of azide groups is 1. The monoisotopic (exact) mass is 267 g/mol. The summed E-state index contributed by atoms with van der Waals surface area (Å²) in [5.41, 5.74) is 13.8. The number of carbonyl (C=O) groups is 1. The smallest absolute Gasteiger partial charge is 0.239 e. The summed E-state index contributed by atoms with van der Waals surface area (Å²) >= 11 is 0. The predicted molar refractivity (Wildman–Crippen MR) is 66.9 cm³/mol. The number of primary amides is 1. The van der Waals surface area contributed by atoms with Crippen LogP contribution in [0.2, 0.25) is 0 Å². The van der Waals surface area contributed by atoms with Crippen molar-refractivity contribution in [1.29, 1.82) is 0 Å². The lowest BCUT2D eigenvalue weighted by molar-refractivity contribution is -0.120. The van der Waals surface area contributed by atoms with Crippen molar-refractivity contribution in [2.24, 2.45) is 10.8 Å². The van der Waals surface area contributed by atoms with Crippen LogP contribution in [0.3, 0.4) is 0 Å². The van der Waals surface area contributed by atoms with Gasteiger partial charge in [-0.2, -0.15) is 0 Å². The fourth-order valence-corrected chi connectivity index (χ4v) is 1.55. The minimum atomic E-state index is -0.853. The van der Waals surface area contributed by atoms with Gasteiger partial charge in [-0.25, -0.2) is 4.39 Å². The van der Waals surface area contributed by atoms with Crippen molar-refractivity contribution in [3.05, 3.63) is 40.0 Å². The van der Waals surface area contributed by atoms with Crippen LogP contribution in [0.25, 0.3) is 10.4 Å². The van der Waals surface area contributed by atoms with E-state index in [9.17, 15) is 9.18 Å². The van der Waals surface area contributed by atoms with E-state index >= 15 is 0 Å². The highest BCUT2D eigenvalue weighted by Gasteiger charge is 2.18. The number of benzene rings is 1. The van der Waals surface area contributed by atoms with Gasteiger partial charge in [0.2, 0.25) is 5.91 Å². The summed E-state index contributed by atoms with van der Waals surface area (Å²) < 4.78 is 18.3. The fraction of sp³-hybridized carbons (Fsp3) is 0.364. The van der Waals surface area contributed by atoms with E-state index in [-0.39, 0.29) is 18.8 Å². The van der Waals surface area contributed by atoms with E-state index in [1.165, 1.54) is 25.3 Å². The second-order valence-corrected chi connectivity index (χ2v) is 3.64. The summed E-state index contributed by atoms with van der Waals surface area (Å²) in [4.78, 5) is 13.9. The van der Waals surface area contributed by atoms with Gasteiger partial charge in [0.05, 0.1) is 7.11 Å². The van der Waals surface area contributed by atoms with E-state index in [0.29, 0.717) is 5.56 Å². The molecule has 1 rings (SSSR count).